The van der Waals surface area contributed by atoms with E-state index in [1.165, 1.54) is 13.2 Å². The van der Waals surface area contributed by atoms with E-state index in [1.807, 2.05) is 24.3 Å². The topological polar surface area (TPSA) is 105 Å². The largest absolute Gasteiger partial charge is 0.504 e. The average Bonchev–Trinajstić information content (AvgIpc) is 3.31. The molecule has 3 N–H and O–H groups in total. The van der Waals surface area contributed by atoms with Crippen molar-refractivity contribution < 1.29 is 24.3 Å². The minimum absolute atomic E-state index is 0.0226. The highest BCUT2D eigenvalue weighted by Gasteiger charge is 2.43. The highest BCUT2D eigenvalue weighted by atomic mass is 35.5. The van der Waals surface area contributed by atoms with Gasteiger partial charge in [0.2, 0.25) is 5.76 Å². The van der Waals surface area contributed by atoms with Crippen LogP contribution in [-0.2, 0) is 10.2 Å². The Bertz CT molecular complexity index is 1230. The number of carbonyl (C=O) groups excluding carboxylic acids is 1. The lowest BCUT2D eigenvalue weighted by atomic mass is 9.93. The number of halogens is 1. The van der Waals surface area contributed by atoms with Crippen molar-refractivity contribution in [3.05, 3.63) is 64.4 Å². The third kappa shape index (κ3) is 3.17. The Hall–Kier alpha value is -3.29. The van der Waals surface area contributed by atoms with Crippen LogP contribution in [0.3, 0.4) is 0 Å². The molecule has 1 amide bonds. The zero-order chi connectivity index (χ0) is 21.8. The van der Waals surface area contributed by atoms with Crippen LogP contribution in [0.2, 0.25) is 5.02 Å². The lowest BCUT2D eigenvalue weighted by Crippen LogP contribution is -2.11. The van der Waals surface area contributed by atoms with Gasteiger partial charge in [-0.15, -0.1) is 0 Å². The van der Waals surface area contributed by atoms with Crippen LogP contribution < -0.4 is 10.1 Å². The summed E-state index contributed by atoms with van der Waals surface area (Å²) in [7, 11) is 1.43. The lowest BCUT2D eigenvalue weighted by molar-refractivity contribution is -0.110. The van der Waals surface area contributed by atoms with Gasteiger partial charge in [0.1, 0.15) is 0 Å². The summed E-state index contributed by atoms with van der Waals surface area (Å²) in [5.41, 5.74) is 3.65. The van der Waals surface area contributed by atoms with Crippen LogP contribution in [0.15, 0.2) is 47.0 Å². The van der Waals surface area contributed by atoms with Crippen molar-refractivity contribution in [3.63, 3.8) is 0 Å². The molecule has 2 aromatic carbocycles. The maximum atomic E-state index is 12.6. The molecule has 1 fully saturated rings. The number of aliphatic hydroxyl groups is 2. The Balaban J connectivity index is 1.57. The first kappa shape index (κ1) is 19.7. The predicted molar refractivity (Wildman–Crippen MR) is 116 cm³/mol. The minimum atomic E-state index is -0.468. The summed E-state index contributed by atoms with van der Waals surface area (Å²) in [4.78, 5) is 12.6. The predicted octanol–water partition coefficient (Wildman–Crippen LogP) is 4.41. The molecule has 0 saturated heterocycles. The van der Waals surface area contributed by atoms with Crippen molar-refractivity contribution in [3.8, 4) is 17.0 Å². The van der Waals surface area contributed by atoms with E-state index in [0.29, 0.717) is 16.3 Å². The molecule has 3 aromatic rings. The second kappa shape index (κ2) is 7.14. The standard InChI is InChI=1S/C23H19ClN2O5/c1-30-19-10-18(31-26-19)21(28)20-15-8-14(16(24)9-17(15)25-22(20)29)12-2-4-13(5-3-12)23(11-27)6-7-23/h2-5,8-10,27-28H,6-7,11H2,1H3,(H,25,29)/b21-20+. The highest BCUT2D eigenvalue weighted by Crippen LogP contribution is 2.48. The van der Waals surface area contributed by atoms with Gasteiger partial charge in [-0.25, -0.2) is 0 Å². The summed E-state index contributed by atoms with van der Waals surface area (Å²) in [6.45, 7) is 0.138. The Kier molecular flexibility index (Phi) is 4.53. The minimum Gasteiger partial charge on any atom is -0.504 e. The number of fused-ring (bicyclic) bond motifs is 1. The fraction of sp³-hybridized carbons (Fsp3) is 0.217. The highest BCUT2D eigenvalue weighted by molar-refractivity contribution is 6.38. The van der Waals surface area contributed by atoms with Gasteiger partial charge in [-0.3, -0.25) is 4.79 Å². The number of amides is 1. The second-order valence-electron chi connectivity index (χ2n) is 7.80. The summed E-state index contributed by atoms with van der Waals surface area (Å²) in [5.74, 6) is -0.595. The molecule has 1 saturated carbocycles. The Labute approximate surface area is 182 Å². The fourth-order valence-corrected chi connectivity index (χ4v) is 4.20. The number of nitrogens with zero attached hydrogens (tertiary/aromatic N) is 1. The first-order valence-corrected chi connectivity index (χ1v) is 10.1. The lowest BCUT2D eigenvalue weighted by Gasteiger charge is -2.14. The Morgan fingerprint density at radius 1 is 1.23 bits per heavy atom. The van der Waals surface area contributed by atoms with Gasteiger partial charge in [0.25, 0.3) is 11.8 Å². The number of aromatic nitrogens is 1. The summed E-state index contributed by atoms with van der Waals surface area (Å²) in [5, 5.41) is 27.2. The van der Waals surface area contributed by atoms with E-state index in [9.17, 15) is 15.0 Å². The van der Waals surface area contributed by atoms with Crippen LogP contribution in [0.5, 0.6) is 5.88 Å². The number of aliphatic hydroxyl groups excluding tert-OH is 2. The maximum Gasteiger partial charge on any atom is 0.260 e. The molecule has 0 atom stereocenters. The van der Waals surface area contributed by atoms with Gasteiger partial charge in [0, 0.05) is 16.5 Å². The van der Waals surface area contributed by atoms with Gasteiger partial charge < -0.3 is 24.8 Å². The SMILES string of the molecule is COc1cc(/C(O)=C2\C(=O)Nc3cc(Cl)c(-c4ccc(C5(CO)CC5)cc4)cc32)on1. The van der Waals surface area contributed by atoms with Crippen LogP contribution in [0, 0.1) is 0 Å². The number of methoxy groups -OCH3 is 1. The van der Waals surface area contributed by atoms with Crippen molar-refractivity contribution in [1.29, 1.82) is 0 Å². The van der Waals surface area contributed by atoms with Crippen LogP contribution in [0.4, 0.5) is 5.69 Å². The number of ether oxygens (including phenoxy) is 1. The molecule has 7 nitrogen and oxygen atoms in total. The van der Waals surface area contributed by atoms with Crippen LogP contribution in [0.1, 0.15) is 29.7 Å². The third-order valence-corrected chi connectivity index (χ3v) is 6.30. The molecule has 1 aliphatic carbocycles. The van der Waals surface area contributed by atoms with Crippen molar-refractivity contribution in [2.24, 2.45) is 0 Å². The zero-order valence-electron chi connectivity index (χ0n) is 16.6. The zero-order valence-corrected chi connectivity index (χ0v) is 17.4. The first-order valence-electron chi connectivity index (χ1n) is 9.77. The molecule has 31 heavy (non-hydrogen) atoms. The summed E-state index contributed by atoms with van der Waals surface area (Å²) < 4.78 is 10.1. The molecule has 8 heteroatoms. The number of anilines is 1. The quantitative estimate of drug-likeness (QED) is 0.402. The number of rotatable bonds is 5. The molecular weight excluding hydrogens is 420 g/mol. The molecular formula is C23H19ClN2O5. The van der Waals surface area contributed by atoms with Crippen molar-refractivity contribution in [2.45, 2.75) is 18.3 Å². The monoisotopic (exact) mass is 438 g/mol. The molecule has 1 aromatic heterocycles. The van der Waals surface area contributed by atoms with E-state index >= 15 is 0 Å². The number of hydrogen-bond acceptors (Lipinski definition) is 6. The van der Waals surface area contributed by atoms with E-state index in [4.69, 9.17) is 20.9 Å². The van der Waals surface area contributed by atoms with E-state index in [2.05, 4.69) is 10.5 Å². The number of nitrogens with one attached hydrogen (secondary N) is 1. The van der Waals surface area contributed by atoms with Crippen LogP contribution in [-0.4, -0.2) is 35.0 Å². The van der Waals surface area contributed by atoms with E-state index in [1.54, 1.807) is 12.1 Å². The first-order chi connectivity index (χ1) is 15.0. The molecule has 1 aliphatic heterocycles. The van der Waals surface area contributed by atoms with E-state index in [0.717, 1.165) is 29.5 Å². The molecule has 2 heterocycles. The third-order valence-electron chi connectivity index (χ3n) is 5.98. The van der Waals surface area contributed by atoms with E-state index in [-0.39, 0.29) is 35.0 Å². The van der Waals surface area contributed by atoms with Crippen molar-refractivity contribution in [1.82, 2.24) is 5.16 Å². The summed E-state index contributed by atoms with van der Waals surface area (Å²) in [6.07, 6.45) is 1.96. The summed E-state index contributed by atoms with van der Waals surface area (Å²) >= 11 is 6.51. The van der Waals surface area contributed by atoms with Gasteiger partial charge in [-0.2, -0.15) is 0 Å². The van der Waals surface area contributed by atoms with Gasteiger partial charge in [0.15, 0.2) is 5.76 Å². The number of benzene rings is 2. The van der Waals surface area contributed by atoms with Gasteiger partial charge in [-0.05, 0) is 41.3 Å². The normalized spacial score (nSPS) is 17.8. The van der Waals surface area contributed by atoms with Crippen molar-refractivity contribution >= 4 is 34.5 Å². The molecule has 158 valence electrons. The van der Waals surface area contributed by atoms with Crippen molar-refractivity contribution in [2.75, 3.05) is 19.0 Å². The molecule has 0 bridgehead atoms. The molecule has 0 unspecified atom stereocenters. The van der Waals surface area contributed by atoms with Gasteiger partial charge in [0.05, 0.1) is 36.1 Å². The Morgan fingerprint density at radius 2 is 1.97 bits per heavy atom. The number of hydrogen-bond donors (Lipinski definition) is 3. The summed E-state index contributed by atoms with van der Waals surface area (Å²) in [6, 6.07) is 12.7. The van der Waals surface area contributed by atoms with Crippen LogP contribution in [0.25, 0.3) is 22.5 Å². The molecule has 0 radical (unpaired) electrons. The van der Waals surface area contributed by atoms with Gasteiger partial charge in [-0.1, -0.05) is 35.9 Å². The maximum absolute atomic E-state index is 12.6. The average molecular weight is 439 g/mol. The van der Waals surface area contributed by atoms with Gasteiger partial charge >= 0.3 is 0 Å². The fourth-order valence-electron chi connectivity index (χ4n) is 3.93. The Morgan fingerprint density at radius 3 is 2.58 bits per heavy atom. The molecule has 2 aliphatic rings. The molecule has 0 spiro atoms. The molecule has 5 rings (SSSR count). The smallest absolute Gasteiger partial charge is 0.260 e. The van der Waals surface area contributed by atoms with Crippen LogP contribution >= 0.6 is 11.6 Å². The number of carbonyl (C=O) groups is 1. The second-order valence-corrected chi connectivity index (χ2v) is 8.21. The van der Waals surface area contributed by atoms with E-state index < -0.39 is 5.91 Å².